The molecule has 0 fully saturated rings. The average Bonchev–Trinajstić information content (AvgIpc) is 2.94. The fraction of sp³-hybridized carbons (Fsp3) is 0.471. The first-order valence-electron chi connectivity index (χ1n) is 8.07. The fourth-order valence-electron chi connectivity index (χ4n) is 3.12. The number of aromatic nitrogens is 3. The van der Waals surface area contributed by atoms with E-state index in [2.05, 4.69) is 51.6 Å². The van der Waals surface area contributed by atoms with Crippen LogP contribution in [0.5, 0.6) is 0 Å². The lowest BCUT2D eigenvalue weighted by Gasteiger charge is -2.20. The molecule has 4 N–H and O–H groups in total. The number of alkyl halides is 1. The van der Waals surface area contributed by atoms with Crippen molar-refractivity contribution in [3.63, 3.8) is 0 Å². The van der Waals surface area contributed by atoms with Gasteiger partial charge in [-0.05, 0) is 62.9 Å². The molecule has 128 valence electrons. The molecule has 1 aliphatic rings. The van der Waals surface area contributed by atoms with Crippen LogP contribution in [0.1, 0.15) is 47.5 Å². The van der Waals surface area contributed by atoms with Gasteiger partial charge in [-0.15, -0.1) is 0 Å². The van der Waals surface area contributed by atoms with E-state index in [-0.39, 0.29) is 17.8 Å². The summed E-state index contributed by atoms with van der Waals surface area (Å²) in [7, 11) is 1.51. The molecule has 2 atom stereocenters. The zero-order valence-electron chi connectivity index (χ0n) is 14.4. The molecule has 1 heterocycles. The molecule has 1 unspecified atom stereocenters. The van der Waals surface area contributed by atoms with Crippen LogP contribution in [-0.2, 0) is 12.2 Å². The third kappa shape index (κ3) is 2.91. The van der Waals surface area contributed by atoms with Crippen molar-refractivity contribution in [2.45, 2.75) is 45.4 Å². The van der Waals surface area contributed by atoms with Crippen LogP contribution in [0.4, 0.5) is 16.3 Å². The zero-order valence-corrected chi connectivity index (χ0v) is 14.4. The summed E-state index contributed by atoms with van der Waals surface area (Å²) in [5, 5.41) is 5.84. The van der Waals surface area contributed by atoms with Crippen LogP contribution < -0.4 is 16.4 Å². The number of nitrogens with two attached hydrogens (primary N) is 1. The molecule has 0 radical (unpaired) electrons. The number of fused-ring (bicyclic) bond motifs is 1. The van der Waals surface area contributed by atoms with Crippen molar-refractivity contribution in [2.75, 3.05) is 18.1 Å². The predicted molar refractivity (Wildman–Crippen MR) is 92.4 cm³/mol. The van der Waals surface area contributed by atoms with Crippen molar-refractivity contribution in [3.8, 4) is 0 Å². The van der Waals surface area contributed by atoms with Crippen LogP contribution >= 0.6 is 0 Å². The Kier molecular flexibility index (Phi) is 4.13. The fourth-order valence-corrected chi connectivity index (χ4v) is 3.12. The number of hydrogen-bond donors (Lipinski definition) is 3. The molecule has 6 nitrogen and oxygen atoms in total. The summed E-state index contributed by atoms with van der Waals surface area (Å²) in [4.78, 5) is 12.2. The van der Waals surface area contributed by atoms with Gasteiger partial charge in [0.05, 0.1) is 6.04 Å². The van der Waals surface area contributed by atoms with E-state index >= 15 is 0 Å². The van der Waals surface area contributed by atoms with Gasteiger partial charge >= 0.3 is 0 Å². The molecule has 1 aromatic heterocycles. The first-order chi connectivity index (χ1) is 11.3. The molecule has 0 bridgehead atoms. The highest BCUT2D eigenvalue weighted by atomic mass is 19.1. The molecule has 7 heteroatoms. The molecule has 1 aliphatic carbocycles. The molecule has 3 rings (SSSR count). The molecule has 1 aromatic carbocycles. The number of benzene rings is 1. The first kappa shape index (κ1) is 16.6. The van der Waals surface area contributed by atoms with Crippen LogP contribution in [0, 0.1) is 13.8 Å². The topological polar surface area (TPSA) is 88.8 Å². The SMILES string of the molecule is CNC(C)(F)c1nc(N)nc(N[C@@H]2CCc3ccc(C)c(C)c32)n1. The van der Waals surface area contributed by atoms with Crippen LogP contribution in [-0.4, -0.2) is 22.0 Å². The highest BCUT2D eigenvalue weighted by Crippen LogP contribution is 2.36. The monoisotopic (exact) mass is 330 g/mol. The molecule has 24 heavy (non-hydrogen) atoms. The Balaban J connectivity index is 1.93. The Morgan fingerprint density at radius 1 is 1.25 bits per heavy atom. The molecule has 0 saturated heterocycles. The molecule has 2 aromatic rings. The lowest BCUT2D eigenvalue weighted by molar-refractivity contribution is 0.139. The third-order valence-electron chi connectivity index (χ3n) is 4.77. The summed E-state index contributed by atoms with van der Waals surface area (Å²) in [6.45, 7) is 5.58. The summed E-state index contributed by atoms with van der Waals surface area (Å²) < 4.78 is 14.4. The Bertz CT molecular complexity index is 774. The van der Waals surface area contributed by atoms with Gasteiger partial charge in [-0.1, -0.05) is 12.1 Å². The summed E-state index contributed by atoms with van der Waals surface area (Å²) in [5.41, 5.74) is 10.9. The minimum absolute atomic E-state index is 0.000750. The van der Waals surface area contributed by atoms with Crippen molar-refractivity contribution in [3.05, 3.63) is 40.2 Å². The van der Waals surface area contributed by atoms with Gasteiger partial charge in [-0.25, -0.2) is 4.39 Å². The summed E-state index contributed by atoms with van der Waals surface area (Å²) in [5.74, 6) is -1.59. The highest BCUT2D eigenvalue weighted by molar-refractivity contribution is 5.48. The zero-order chi connectivity index (χ0) is 17.5. The Morgan fingerprint density at radius 3 is 2.71 bits per heavy atom. The van der Waals surface area contributed by atoms with E-state index in [0.717, 1.165) is 12.8 Å². The van der Waals surface area contributed by atoms with Crippen LogP contribution in [0.2, 0.25) is 0 Å². The lowest BCUT2D eigenvalue weighted by atomic mass is 9.98. The van der Waals surface area contributed by atoms with E-state index in [1.807, 2.05) is 0 Å². The second-order valence-electron chi connectivity index (χ2n) is 6.41. The van der Waals surface area contributed by atoms with Gasteiger partial charge in [0, 0.05) is 0 Å². The molecule has 0 amide bonds. The maximum atomic E-state index is 14.4. The maximum absolute atomic E-state index is 14.4. The third-order valence-corrected chi connectivity index (χ3v) is 4.77. The van der Waals surface area contributed by atoms with E-state index in [1.54, 1.807) is 0 Å². The van der Waals surface area contributed by atoms with Crippen molar-refractivity contribution in [1.82, 2.24) is 20.3 Å². The van der Waals surface area contributed by atoms with E-state index < -0.39 is 5.79 Å². The molecule has 0 saturated carbocycles. The second kappa shape index (κ2) is 5.98. The molecule has 0 spiro atoms. The van der Waals surface area contributed by atoms with Crippen molar-refractivity contribution in [2.24, 2.45) is 0 Å². The van der Waals surface area contributed by atoms with Gasteiger partial charge in [0.25, 0.3) is 0 Å². The summed E-state index contributed by atoms with van der Waals surface area (Å²) in [6, 6.07) is 4.42. The van der Waals surface area contributed by atoms with Gasteiger partial charge in [0.1, 0.15) is 0 Å². The summed E-state index contributed by atoms with van der Waals surface area (Å²) in [6.07, 6.45) is 1.94. The van der Waals surface area contributed by atoms with Crippen molar-refractivity contribution in [1.29, 1.82) is 0 Å². The number of nitrogens with zero attached hydrogens (tertiary/aromatic N) is 3. The number of nitrogens with one attached hydrogen (secondary N) is 2. The Morgan fingerprint density at radius 2 is 2.00 bits per heavy atom. The Labute approximate surface area is 141 Å². The van der Waals surface area contributed by atoms with Gasteiger partial charge in [-0.3, -0.25) is 5.32 Å². The second-order valence-corrected chi connectivity index (χ2v) is 6.41. The first-order valence-corrected chi connectivity index (χ1v) is 8.07. The van der Waals surface area contributed by atoms with Crippen LogP contribution in [0.15, 0.2) is 12.1 Å². The maximum Gasteiger partial charge on any atom is 0.228 e. The average molecular weight is 330 g/mol. The lowest BCUT2D eigenvalue weighted by Crippen LogP contribution is -2.34. The smallest absolute Gasteiger partial charge is 0.228 e. The van der Waals surface area contributed by atoms with Crippen LogP contribution in [0.25, 0.3) is 0 Å². The molecule has 0 aliphatic heterocycles. The van der Waals surface area contributed by atoms with Gasteiger partial charge in [0.2, 0.25) is 17.7 Å². The standard InChI is InChI=1S/C17H23FN6/c1-9-5-6-11-7-8-12(13(11)10(9)2)21-16-23-14(17(3,18)20-4)22-15(19)24-16/h5-6,12,20H,7-8H2,1-4H3,(H3,19,21,22,23,24)/t12-,17?/m1/s1. The van der Waals surface area contributed by atoms with E-state index in [9.17, 15) is 4.39 Å². The van der Waals surface area contributed by atoms with Gasteiger partial charge in [0.15, 0.2) is 5.82 Å². The highest BCUT2D eigenvalue weighted by Gasteiger charge is 2.30. The minimum Gasteiger partial charge on any atom is -0.368 e. The minimum atomic E-state index is -1.87. The predicted octanol–water partition coefficient (Wildman–Crippen LogP) is 2.53. The number of aryl methyl sites for hydroxylation is 2. The molecular weight excluding hydrogens is 307 g/mol. The Hall–Kier alpha value is -2.28. The van der Waals surface area contributed by atoms with E-state index in [4.69, 9.17) is 5.73 Å². The number of anilines is 2. The number of rotatable bonds is 4. The molecular formula is C17H23FN6. The number of nitrogen functional groups attached to an aromatic ring is 1. The van der Waals surface area contributed by atoms with Crippen molar-refractivity contribution < 1.29 is 4.39 Å². The summed E-state index contributed by atoms with van der Waals surface area (Å²) >= 11 is 0. The normalized spacial score (nSPS) is 19.0. The van der Waals surface area contributed by atoms with Crippen LogP contribution in [0.3, 0.4) is 0 Å². The van der Waals surface area contributed by atoms with Gasteiger partial charge in [-0.2, -0.15) is 15.0 Å². The largest absolute Gasteiger partial charge is 0.368 e. The quantitative estimate of drug-likeness (QED) is 0.747. The number of halogens is 1. The van der Waals surface area contributed by atoms with E-state index in [1.165, 1.54) is 36.2 Å². The van der Waals surface area contributed by atoms with E-state index in [0.29, 0.717) is 5.95 Å². The van der Waals surface area contributed by atoms with Crippen molar-refractivity contribution >= 4 is 11.9 Å². The van der Waals surface area contributed by atoms with Gasteiger partial charge < -0.3 is 11.1 Å². The number of hydrogen-bond acceptors (Lipinski definition) is 6.